The summed E-state index contributed by atoms with van der Waals surface area (Å²) in [5.74, 6) is -0.174. The monoisotopic (exact) mass is 297 g/mol. The number of benzene rings is 1. The number of hydrogen-bond acceptors (Lipinski definition) is 2. The fourth-order valence-corrected chi connectivity index (χ4v) is 2.87. The van der Waals surface area contributed by atoms with E-state index >= 15 is 0 Å². The van der Waals surface area contributed by atoms with E-state index in [1.54, 1.807) is 6.20 Å². The van der Waals surface area contributed by atoms with Crippen molar-refractivity contribution in [3.8, 4) is 0 Å². The zero-order valence-corrected chi connectivity index (χ0v) is 12.5. The molecule has 0 spiro atoms. The van der Waals surface area contributed by atoms with Crippen molar-refractivity contribution < 1.29 is 9.59 Å². The maximum Gasteiger partial charge on any atom is 0.271 e. The lowest BCUT2D eigenvalue weighted by Crippen LogP contribution is -2.42. The van der Waals surface area contributed by atoms with E-state index in [0.29, 0.717) is 12.0 Å². The molecule has 2 aromatic rings. The molecule has 1 atom stereocenters. The van der Waals surface area contributed by atoms with Crippen LogP contribution in [-0.4, -0.2) is 16.4 Å². The normalized spacial score (nSPS) is 16.9. The van der Waals surface area contributed by atoms with Crippen molar-refractivity contribution in [2.75, 3.05) is 0 Å². The minimum atomic E-state index is -0.299. The van der Waals surface area contributed by atoms with Gasteiger partial charge in [-0.3, -0.25) is 20.4 Å². The zero-order valence-electron chi connectivity index (χ0n) is 12.5. The summed E-state index contributed by atoms with van der Waals surface area (Å²) in [5, 5.41) is 0.871. The Labute approximate surface area is 129 Å². The third-order valence-electron chi connectivity index (χ3n) is 4.02. The Bertz CT molecular complexity index is 745. The summed E-state index contributed by atoms with van der Waals surface area (Å²) in [4.78, 5) is 24.1. The number of amides is 2. The van der Waals surface area contributed by atoms with Crippen molar-refractivity contribution in [1.29, 1.82) is 0 Å². The van der Waals surface area contributed by atoms with Crippen molar-refractivity contribution in [3.63, 3.8) is 0 Å². The van der Waals surface area contributed by atoms with Crippen LogP contribution in [0.3, 0.4) is 0 Å². The number of carbonyl (C=O) groups excluding carboxylic acids is 2. The highest BCUT2D eigenvalue weighted by Gasteiger charge is 2.16. The molecule has 1 aromatic heterocycles. The molecule has 5 nitrogen and oxygen atoms in total. The molecule has 1 aromatic carbocycles. The average Bonchev–Trinajstić information content (AvgIpc) is 3.14. The maximum absolute atomic E-state index is 12.3. The largest absolute Gasteiger partial charge is 0.350 e. The van der Waals surface area contributed by atoms with E-state index in [-0.39, 0.29) is 17.7 Å². The minimum Gasteiger partial charge on any atom is -0.350 e. The average molecular weight is 297 g/mol. The Hall–Kier alpha value is -2.56. The Kier molecular flexibility index (Phi) is 3.96. The van der Waals surface area contributed by atoms with Crippen molar-refractivity contribution in [2.24, 2.45) is 13.0 Å². The second kappa shape index (κ2) is 6.05. The van der Waals surface area contributed by atoms with Crippen LogP contribution in [0.2, 0.25) is 0 Å². The van der Waals surface area contributed by atoms with Crippen molar-refractivity contribution in [1.82, 2.24) is 15.4 Å². The third-order valence-corrected chi connectivity index (χ3v) is 4.02. The number of hydrogen-bond donors (Lipinski definition) is 2. The van der Waals surface area contributed by atoms with E-state index in [1.807, 2.05) is 35.9 Å². The van der Waals surface area contributed by atoms with Gasteiger partial charge in [0, 0.05) is 30.6 Å². The second-order valence-corrected chi connectivity index (χ2v) is 5.64. The van der Waals surface area contributed by atoms with Crippen LogP contribution in [0, 0.1) is 5.92 Å². The molecule has 22 heavy (non-hydrogen) atoms. The van der Waals surface area contributed by atoms with Gasteiger partial charge >= 0.3 is 0 Å². The van der Waals surface area contributed by atoms with E-state index in [1.165, 1.54) is 0 Å². The molecule has 0 saturated carbocycles. The van der Waals surface area contributed by atoms with Crippen LogP contribution in [0.5, 0.6) is 0 Å². The van der Waals surface area contributed by atoms with Crippen molar-refractivity contribution in [3.05, 3.63) is 48.2 Å². The molecular formula is C17H19N3O2. The third kappa shape index (κ3) is 2.88. The quantitative estimate of drug-likeness (QED) is 0.674. The van der Waals surface area contributed by atoms with Gasteiger partial charge in [-0.25, -0.2) is 0 Å². The molecule has 1 unspecified atom stereocenters. The first kappa shape index (κ1) is 14.4. The fraction of sp³-hybridized carbons (Fsp3) is 0.294. The molecule has 0 bridgehead atoms. The summed E-state index contributed by atoms with van der Waals surface area (Å²) in [6.45, 7) is 0. The molecule has 0 fully saturated rings. The molecule has 5 heteroatoms. The van der Waals surface area contributed by atoms with E-state index in [9.17, 15) is 9.59 Å². The van der Waals surface area contributed by atoms with Gasteiger partial charge < -0.3 is 4.57 Å². The van der Waals surface area contributed by atoms with Crippen LogP contribution in [0.15, 0.2) is 42.6 Å². The number of aryl methyl sites for hydroxylation is 1. The predicted octanol–water partition coefficient (Wildman–Crippen LogP) is 2.30. The number of carbonyl (C=O) groups is 2. The van der Waals surface area contributed by atoms with Gasteiger partial charge in [-0.2, -0.15) is 0 Å². The number of rotatable bonds is 3. The lowest BCUT2D eigenvalue weighted by molar-refractivity contribution is -0.122. The highest BCUT2D eigenvalue weighted by Crippen LogP contribution is 2.21. The van der Waals surface area contributed by atoms with Gasteiger partial charge in [-0.15, -0.1) is 0 Å². The van der Waals surface area contributed by atoms with E-state index in [2.05, 4.69) is 23.0 Å². The number of hydrazine groups is 1. The van der Waals surface area contributed by atoms with Gasteiger partial charge in [0.2, 0.25) is 5.91 Å². The Balaban J connectivity index is 1.63. The summed E-state index contributed by atoms with van der Waals surface area (Å²) >= 11 is 0. The molecule has 2 amide bonds. The SMILES string of the molecule is Cn1cc(C(=O)NNC(=O)CC2C=CCC2)c2ccccc21. The van der Waals surface area contributed by atoms with Gasteiger partial charge in [-0.05, 0) is 24.8 Å². The molecule has 2 N–H and O–H groups in total. The van der Waals surface area contributed by atoms with Crippen LogP contribution in [0.25, 0.3) is 10.9 Å². The van der Waals surface area contributed by atoms with E-state index in [4.69, 9.17) is 0 Å². The second-order valence-electron chi connectivity index (χ2n) is 5.64. The molecule has 1 aliphatic carbocycles. The van der Waals surface area contributed by atoms with Crippen LogP contribution < -0.4 is 10.9 Å². The smallest absolute Gasteiger partial charge is 0.271 e. The van der Waals surface area contributed by atoms with E-state index < -0.39 is 0 Å². The summed E-state index contributed by atoms with van der Waals surface area (Å²) in [6, 6.07) is 7.68. The van der Waals surface area contributed by atoms with Crippen LogP contribution >= 0.6 is 0 Å². The topological polar surface area (TPSA) is 63.1 Å². The molecule has 114 valence electrons. The molecule has 1 heterocycles. The first-order valence-corrected chi connectivity index (χ1v) is 7.45. The molecule has 0 radical (unpaired) electrons. The number of nitrogens with one attached hydrogen (secondary N) is 2. The standard InChI is InChI=1S/C17H19N3O2/c1-20-11-14(13-8-4-5-9-15(13)20)17(22)19-18-16(21)10-12-6-2-3-7-12/h2,4-6,8-9,11-12H,3,7,10H2,1H3,(H,18,21)(H,19,22). The summed E-state index contributed by atoms with van der Waals surface area (Å²) in [5.41, 5.74) is 6.54. The first-order chi connectivity index (χ1) is 10.6. The van der Waals surface area contributed by atoms with Crippen LogP contribution in [0.4, 0.5) is 0 Å². The maximum atomic E-state index is 12.3. The van der Waals surface area contributed by atoms with Crippen molar-refractivity contribution >= 4 is 22.7 Å². The van der Waals surface area contributed by atoms with Gasteiger partial charge in [-0.1, -0.05) is 30.4 Å². The molecule has 0 saturated heterocycles. The molecule has 0 aliphatic heterocycles. The fourth-order valence-electron chi connectivity index (χ4n) is 2.87. The number of fused-ring (bicyclic) bond motifs is 1. The van der Waals surface area contributed by atoms with Gasteiger partial charge in [0.1, 0.15) is 0 Å². The Morgan fingerprint density at radius 2 is 2.09 bits per heavy atom. The molecule has 1 aliphatic rings. The summed E-state index contributed by atoms with van der Waals surface area (Å²) in [7, 11) is 1.89. The first-order valence-electron chi connectivity index (χ1n) is 7.45. The van der Waals surface area contributed by atoms with Crippen LogP contribution in [0.1, 0.15) is 29.6 Å². The highest BCUT2D eigenvalue weighted by atomic mass is 16.2. The molecular weight excluding hydrogens is 278 g/mol. The predicted molar refractivity (Wildman–Crippen MR) is 85.0 cm³/mol. The summed E-state index contributed by atoms with van der Waals surface area (Å²) in [6.07, 6.45) is 8.36. The number of nitrogens with zero attached hydrogens (tertiary/aromatic N) is 1. The van der Waals surface area contributed by atoms with E-state index in [0.717, 1.165) is 23.7 Å². The zero-order chi connectivity index (χ0) is 15.5. The summed E-state index contributed by atoms with van der Waals surface area (Å²) < 4.78 is 1.90. The van der Waals surface area contributed by atoms with Gasteiger partial charge in [0.15, 0.2) is 0 Å². The Morgan fingerprint density at radius 3 is 2.86 bits per heavy atom. The molecule has 3 rings (SSSR count). The minimum absolute atomic E-state index is 0.162. The van der Waals surface area contributed by atoms with Gasteiger partial charge in [0.05, 0.1) is 5.56 Å². The van der Waals surface area contributed by atoms with Gasteiger partial charge in [0.25, 0.3) is 5.91 Å². The lowest BCUT2D eigenvalue weighted by Gasteiger charge is -2.09. The van der Waals surface area contributed by atoms with Crippen LogP contribution in [-0.2, 0) is 11.8 Å². The number of aromatic nitrogens is 1. The van der Waals surface area contributed by atoms with Crippen molar-refractivity contribution in [2.45, 2.75) is 19.3 Å². The number of allylic oxidation sites excluding steroid dienone is 2. The number of para-hydroxylation sites is 1. The highest BCUT2D eigenvalue weighted by molar-refractivity contribution is 6.07. The lowest BCUT2D eigenvalue weighted by atomic mass is 10.1. The Morgan fingerprint density at radius 1 is 1.27 bits per heavy atom.